The van der Waals surface area contributed by atoms with E-state index in [1.54, 1.807) is 0 Å². The summed E-state index contributed by atoms with van der Waals surface area (Å²) in [6.45, 7) is 2.21. The van der Waals surface area contributed by atoms with Crippen LogP contribution in [-0.4, -0.2) is 26.6 Å². The normalized spacial score (nSPS) is 11.4. The molecule has 0 bridgehead atoms. The summed E-state index contributed by atoms with van der Waals surface area (Å²) in [6, 6.07) is 4.70. The molecular formula is C16H24FNO3S. The maximum Gasteiger partial charge on any atom is 0.220 e. The molecule has 1 aromatic rings. The molecule has 0 saturated carbocycles. The molecule has 6 heteroatoms. The Morgan fingerprint density at radius 2 is 1.73 bits per heavy atom. The van der Waals surface area contributed by atoms with Gasteiger partial charge in [0.15, 0.2) is 9.84 Å². The second kappa shape index (κ2) is 9.56. The van der Waals surface area contributed by atoms with Crippen LogP contribution in [0.15, 0.2) is 29.2 Å². The molecule has 0 radical (unpaired) electrons. The Morgan fingerprint density at radius 3 is 2.36 bits per heavy atom. The second-order valence-electron chi connectivity index (χ2n) is 5.29. The van der Waals surface area contributed by atoms with Gasteiger partial charge < -0.3 is 5.32 Å². The second-order valence-corrected chi connectivity index (χ2v) is 7.40. The van der Waals surface area contributed by atoms with Crippen molar-refractivity contribution in [2.24, 2.45) is 0 Å². The van der Waals surface area contributed by atoms with Gasteiger partial charge in [0.2, 0.25) is 5.91 Å². The summed E-state index contributed by atoms with van der Waals surface area (Å²) in [7, 11) is -3.49. The summed E-state index contributed by atoms with van der Waals surface area (Å²) >= 11 is 0. The van der Waals surface area contributed by atoms with Crippen LogP contribution in [0.4, 0.5) is 4.39 Å². The van der Waals surface area contributed by atoms with Crippen LogP contribution in [0.25, 0.3) is 0 Å². The molecule has 0 unspecified atom stereocenters. The number of carbonyl (C=O) groups is 1. The molecule has 1 N–H and O–H groups in total. The van der Waals surface area contributed by atoms with Crippen LogP contribution in [-0.2, 0) is 14.6 Å². The lowest BCUT2D eigenvalue weighted by atomic mass is 10.1. The maximum atomic E-state index is 12.8. The zero-order valence-electron chi connectivity index (χ0n) is 13.0. The molecule has 22 heavy (non-hydrogen) atoms. The van der Waals surface area contributed by atoms with Crippen molar-refractivity contribution in [3.05, 3.63) is 30.1 Å². The number of hydrogen-bond donors (Lipinski definition) is 1. The van der Waals surface area contributed by atoms with Crippen molar-refractivity contribution in [1.29, 1.82) is 0 Å². The Bertz CT molecular complexity index is 555. The highest BCUT2D eigenvalue weighted by molar-refractivity contribution is 7.91. The number of hydrogen-bond acceptors (Lipinski definition) is 3. The average molecular weight is 329 g/mol. The summed E-state index contributed by atoms with van der Waals surface area (Å²) in [5, 5.41) is 2.62. The van der Waals surface area contributed by atoms with Gasteiger partial charge in [-0.1, -0.05) is 32.6 Å². The molecule has 1 amide bonds. The van der Waals surface area contributed by atoms with Crippen LogP contribution in [0.5, 0.6) is 0 Å². The van der Waals surface area contributed by atoms with Crippen LogP contribution in [0.2, 0.25) is 0 Å². The molecule has 1 aromatic carbocycles. The maximum absolute atomic E-state index is 12.8. The molecule has 0 fully saturated rings. The van der Waals surface area contributed by atoms with E-state index in [-0.39, 0.29) is 23.1 Å². The van der Waals surface area contributed by atoms with Crippen molar-refractivity contribution in [3.8, 4) is 0 Å². The quantitative estimate of drug-likeness (QED) is 0.530. The third kappa shape index (κ3) is 7.02. The molecule has 0 atom stereocenters. The van der Waals surface area contributed by atoms with Crippen molar-refractivity contribution in [3.63, 3.8) is 0 Å². The topological polar surface area (TPSA) is 63.2 Å². The lowest BCUT2D eigenvalue weighted by Gasteiger charge is -2.07. The highest BCUT2D eigenvalue weighted by Gasteiger charge is 2.14. The summed E-state index contributed by atoms with van der Waals surface area (Å²) in [6.07, 6.45) is 5.75. The number of sulfone groups is 1. The first kappa shape index (κ1) is 18.6. The first-order valence-electron chi connectivity index (χ1n) is 7.70. The van der Waals surface area contributed by atoms with Gasteiger partial charge in [-0.2, -0.15) is 0 Å². The van der Waals surface area contributed by atoms with Crippen LogP contribution in [0.1, 0.15) is 45.4 Å². The minimum absolute atomic E-state index is 0.0720. The minimum Gasteiger partial charge on any atom is -0.355 e. The molecule has 124 valence electrons. The Hall–Kier alpha value is -1.43. The van der Waals surface area contributed by atoms with Gasteiger partial charge in [-0.25, -0.2) is 12.8 Å². The zero-order valence-corrected chi connectivity index (χ0v) is 13.8. The molecule has 0 aliphatic carbocycles. The number of halogens is 1. The molecule has 0 aromatic heterocycles. The van der Waals surface area contributed by atoms with Gasteiger partial charge in [0, 0.05) is 13.0 Å². The van der Waals surface area contributed by atoms with Gasteiger partial charge in [-0.15, -0.1) is 0 Å². The molecule has 0 saturated heterocycles. The highest BCUT2D eigenvalue weighted by atomic mass is 32.2. The van der Waals surface area contributed by atoms with Gasteiger partial charge in [0.1, 0.15) is 5.82 Å². The van der Waals surface area contributed by atoms with Crippen molar-refractivity contribution in [2.75, 3.05) is 12.3 Å². The van der Waals surface area contributed by atoms with E-state index >= 15 is 0 Å². The fraction of sp³-hybridized carbons (Fsp3) is 0.562. The molecular weight excluding hydrogens is 305 g/mol. The Labute approximate surface area is 132 Å². The van der Waals surface area contributed by atoms with Crippen molar-refractivity contribution in [2.45, 2.75) is 50.3 Å². The monoisotopic (exact) mass is 329 g/mol. The van der Waals surface area contributed by atoms with E-state index in [0.717, 1.165) is 37.8 Å². The largest absolute Gasteiger partial charge is 0.355 e. The summed E-state index contributed by atoms with van der Waals surface area (Å²) in [5.41, 5.74) is 0. The number of unbranched alkanes of at least 4 members (excludes halogenated alkanes) is 4. The molecule has 0 aliphatic rings. The predicted octanol–water partition coefficient (Wildman–Crippen LogP) is 3.08. The predicted molar refractivity (Wildman–Crippen MR) is 84.8 cm³/mol. The Morgan fingerprint density at radius 1 is 1.09 bits per heavy atom. The van der Waals surface area contributed by atoms with E-state index in [9.17, 15) is 17.6 Å². The number of amides is 1. The first-order chi connectivity index (χ1) is 10.5. The number of carbonyl (C=O) groups excluding carboxylic acids is 1. The third-order valence-electron chi connectivity index (χ3n) is 3.37. The van der Waals surface area contributed by atoms with Crippen LogP contribution in [0.3, 0.4) is 0 Å². The van der Waals surface area contributed by atoms with Crippen LogP contribution in [0, 0.1) is 5.82 Å². The zero-order chi connectivity index (χ0) is 16.4. The van der Waals surface area contributed by atoms with Crippen LogP contribution < -0.4 is 5.32 Å². The van der Waals surface area contributed by atoms with Gasteiger partial charge >= 0.3 is 0 Å². The van der Waals surface area contributed by atoms with E-state index in [4.69, 9.17) is 0 Å². The third-order valence-corrected chi connectivity index (χ3v) is 5.11. The Balaban J connectivity index is 2.28. The number of nitrogens with one attached hydrogen (secondary N) is 1. The lowest BCUT2D eigenvalue weighted by Crippen LogP contribution is -2.28. The van der Waals surface area contributed by atoms with Gasteiger partial charge in [-0.05, 0) is 30.7 Å². The van der Waals surface area contributed by atoms with Gasteiger partial charge in [0.25, 0.3) is 0 Å². The van der Waals surface area contributed by atoms with E-state index in [1.807, 2.05) is 0 Å². The highest BCUT2D eigenvalue weighted by Crippen LogP contribution is 2.11. The molecule has 1 rings (SSSR count). The van der Waals surface area contributed by atoms with E-state index in [2.05, 4.69) is 12.2 Å². The van der Waals surface area contributed by atoms with Crippen LogP contribution >= 0.6 is 0 Å². The van der Waals surface area contributed by atoms with E-state index < -0.39 is 15.7 Å². The van der Waals surface area contributed by atoms with Crippen molar-refractivity contribution < 1.29 is 17.6 Å². The molecule has 0 aliphatic heterocycles. The average Bonchev–Trinajstić information content (AvgIpc) is 2.47. The van der Waals surface area contributed by atoms with Gasteiger partial charge in [0.05, 0.1) is 10.6 Å². The SMILES string of the molecule is CCCCCCCC(=O)NCCS(=O)(=O)c1ccc(F)cc1. The summed E-state index contributed by atoms with van der Waals surface area (Å²) in [4.78, 5) is 11.7. The fourth-order valence-electron chi connectivity index (χ4n) is 2.06. The molecule has 0 spiro atoms. The van der Waals surface area contributed by atoms with E-state index in [0.29, 0.717) is 6.42 Å². The number of benzene rings is 1. The summed E-state index contributed by atoms with van der Waals surface area (Å²) in [5.74, 6) is -0.777. The lowest BCUT2D eigenvalue weighted by molar-refractivity contribution is -0.121. The molecule has 0 heterocycles. The van der Waals surface area contributed by atoms with E-state index in [1.165, 1.54) is 18.6 Å². The molecule has 4 nitrogen and oxygen atoms in total. The van der Waals surface area contributed by atoms with Gasteiger partial charge in [-0.3, -0.25) is 4.79 Å². The Kier molecular flexibility index (Phi) is 8.09. The first-order valence-corrected chi connectivity index (χ1v) is 9.36. The van der Waals surface area contributed by atoms with Crippen molar-refractivity contribution in [1.82, 2.24) is 5.32 Å². The number of rotatable bonds is 10. The standard InChI is InChI=1S/C16H24FNO3S/c1-2-3-4-5-6-7-16(19)18-12-13-22(20,21)15-10-8-14(17)9-11-15/h8-11H,2-7,12-13H2,1H3,(H,18,19). The smallest absolute Gasteiger partial charge is 0.220 e. The summed E-state index contributed by atoms with van der Waals surface area (Å²) < 4.78 is 36.7. The minimum atomic E-state index is -3.49. The fourth-order valence-corrected chi connectivity index (χ4v) is 3.22. The van der Waals surface area contributed by atoms with Crippen molar-refractivity contribution >= 4 is 15.7 Å².